The van der Waals surface area contributed by atoms with E-state index < -0.39 is 0 Å². The first-order valence-electron chi connectivity index (χ1n) is 5.41. The Morgan fingerprint density at radius 1 is 1.47 bits per heavy atom. The maximum atomic E-state index is 5.81. The van der Waals surface area contributed by atoms with E-state index in [1.807, 2.05) is 32.0 Å². The van der Waals surface area contributed by atoms with E-state index in [9.17, 15) is 0 Å². The number of hydrogen-bond acceptors (Lipinski definition) is 5. The monoisotopic (exact) mass is 233 g/mol. The summed E-state index contributed by atoms with van der Waals surface area (Å²) in [7, 11) is 0. The van der Waals surface area contributed by atoms with E-state index in [1.165, 1.54) is 6.39 Å². The minimum atomic E-state index is 0.0277. The molecule has 0 radical (unpaired) electrons. The third kappa shape index (κ3) is 2.82. The van der Waals surface area contributed by atoms with Gasteiger partial charge in [-0.1, -0.05) is 17.3 Å². The van der Waals surface area contributed by atoms with E-state index in [2.05, 4.69) is 14.7 Å². The summed E-state index contributed by atoms with van der Waals surface area (Å²) in [5, 5.41) is 3.68. The van der Waals surface area contributed by atoms with E-state index >= 15 is 0 Å². The van der Waals surface area contributed by atoms with Gasteiger partial charge in [-0.25, -0.2) is 0 Å². The minimum absolute atomic E-state index is 0.0277. The van der Waals surface area contributed by atoms with Crippen LogP contribution in [0.2, 0.25) is 0 Å². The van der Waals surface area contributed by atoms with Crippen LogP contribution < -0.4 is 10.5 Å². The summed E-state index contributed by atoms with van der Waals surface area (Å²) in [6.45, 7) is 4.24. The average molecular weight is 233 g/mol. The van der Waals surface area contributed by atoms with Gasteiger partial charge in [0.25, 0.3) is 0 Å². The molecule has 0 aliphatic rings. The molecule has 1 unspecified atom stereocenters. The van der Waals surface area contributed by atoms with Gasteiger partial charge in [-0.2, -0.15) is 4.98 Å². The number of ether oxygens (including phenoxy) is 1. The Labute approximate surface area is 99.6 Å². The Hall–Kier alpha value is -1.88. The van der Waals surface area contributed by atoms with Gasteiger partial charge in [0.1, 0.15) is 5.75 Å². The van der Waals surface area contributed by atoms with E-state index in [-0.39, 0.29) is 6.04 Å². The lowest BCUT2D eigenvalue weighted by atomic mass is 10.1. The molecule has 0 aliphatic carbocycles. The maximum Gasteiger partial charge on any atom is 0.213 e. The quantitative estimate of drug-likeness (QED) is 0.873. The van der Waals surface area contributed by atoms with Gasteiger partial charge in [-0.3, -0.25) is 0 Å². The predicted octanol–water partition coefficient (Wildman–Crippen LogP) is 1.98. The van der Waals surface area contributed by atoms with Crippen molar-refractivity contribution >= 4 is 0 Å². The SMILES string of the molecule is Cc1cc(C(C)N)ccc1OCc1ncon1. The van der Waals surface area contributed by atoms with E-state index in [4.69, 9.17) is 10.5 Å². The first-order chi connectivity index (χ1) is 8.16. The molecular weight excluding hydrogens is 218 g/mol. The molecule has 0 amide bonds. The van der Waals surface area contributed by atoms with Crippen LogP contribution in [-0.2, 0) is 6.61 Å². The number of aromatic nitrogens is 2. The van der Waals surface area contributed by atoms with Crippen molar-refractivity contribution in [2.45, 2.75) is 26.5 Å². The summed E-state index contributed by atoms with van der Waals surface area (Å²) in [5.74, 6) is 1.33. The molecule has 1 atom stereocenters. The van der Waals surface area contributed by atoms with Crippen LogP contribution in [0.4, 0.5) is 0 Å². The second-order valence-electron chi connectivity index (χ2n) is 3.95. The first-order valence-corrected chi connectivity index (χ1v) is 5.41. The van der Waals surface area contributed by atoms with E-state index in [0.717, 1.165) is 16.9 Å². The second kappa shape index (κ2) is 4.97. The molecule has 1 aromatic carbocycles. The number of nitrogens with two attached hydrogens (primary N) is 1. The topological polar surface area (TPSA) is 74.2 Å². The van der Waals surface area contributed by atoms with Gasteiger partial charge in [-0.05, 0) is 31.0 Å². The molecule has 1 heterocycles. The molecule has 0 saturated carbocycles. The summed E-state index contributed by atoms with van der Waals surface area (Å²) in [6.07, 6.45) is 1.28. The van der Waals surface area contributed by atoms with Crippen LogP contribution in [0, 0.1) is 6.92 Å². The van der Waals surface area contributed by atoms with E-state index in [0.29, 0.717) is 12.4 Å². The van der Waals surface area contributed by atoms with Crippen molar-refractivity contribution in [1.82, 2.24) is 10.1 Å². The zero-order valence-electron chi connectivity index (χ0n) is 9.88. The predicted molar refractivity (Wildman–Crippen MR) is 62.4 cm³/mol. The van der Waals surface area contributed by atoms with E-state index in [1.54, 1.807) is 0 Å². The third-order valence-corrected chi connectivity index (χ3v) is 2.49. The lowest BCUT2D eigenvalue weighted by Gasteiger charge is -2.11. The summed E-state index contributed by atoms with van der Waals surface area (Å²) >= 11 is 0. The minimum Gasteiger partial charge on any atom is -0.485 e. The molecule has 17 heavy (non-hydrogen) atoms. The molecule has 5 nitrogen and oxygen atoms in total. The van der Waals surface area contributed by atoms with Crippen LogP contribution in [0.15, 0.2) is 29.1 Å². The largest absolute Gasteiger partial charge is 0.485 e. The summed E-state index contributed by atoms with van der Waals surface area (Å²) in [5.41, 5.74) is 7.95. The summed E-state index contributed by atoms with van der Waals surface area (Å²) in [4.78, 5) is 3.88. The highest BCUT2D eigenvalue weighted by atomic mass is 16.5. The number of hydrogen-bond donors (Lipinski definition) is 1. The highest BCUT2D eigenvalue weighted by Gasteiger charge is 2.06. The normalized spacial score (nSPS) is 12.4. The number of benzene rings is 1. The van der Waals surface area contributed by atoms with Crippen LogP contribution in [0.3, 0.4) is 0 Å². The maximum absolute atomic E-state index is 5.81. The Morgan fingerprint density at radius 3 is 2.88 bits per heavy atom. The van der Waals surface area contributed by atoms with Gasteiger partial charge < -0.3 is 15.0 Å². The van der Waals surface area contributed by atoms with Crippen molar-refractivity contribution in [3.8, 4) is 5.75 Å². The number of rotatable bonds is 4. The van der Waals surface area contributed by atoms with Crippen LogP contribution in [0.1, 0.15) is 29.9 Å². The Morgan fingerprint density at radius 2 is 2.29 bits per heavy atom. The molecule has 2 aromatic rings. The molecule has 90 valence electrons. The fraction of sp³-hybridized carbons (Fsp3) is 0.333. The van der Waals surface area contributed by atoms with Crippen LogP contribution in [0.25, 0.3) is 0 Å². The fourth-order valence-electron chi connectivity index (χ4n) is 1.52. The van der Waals surface area contributed by atoms with Gasteiger partial charge in [0.2, 0.25) is 12.2 Å². The molecule has 0 aliphatic heterocycles. The molecule has 0 spiro atoms. The molecule has 2 rings (SSSR count). The van der Waals surface area contributed by atoms with Crippen LogP contribution in [-0.4, -0.2) is 10.1 Å². The van der Waals surface area contributed by atoms with Gasteiger partial charge >= 0.3 is 0 Å². The molecule has 5 heteroatoms. The zero-order chi connectivity index (χ0) is 12.3. The summed E-state index contributed by atoms with van der Waals surface area (Å²) in [6, 6.07) is 5.92. The number of nitrogens with zero attached hydrogens (tertiary/aromatic N) is 2. The Kier molecular flexibility index (Phi) is 3.39. The Bertz CT molecular complexity index is 481. The molecule has 0 bridgehead atoms. The Balaban J connectivity index is 2.06. The smallest absolute Gasteiger partial charge is 0.213 e. The molecule has 0 fully saturated rings. The highest BCUT2D eigenvalue weighted by Crippen LogP contribution is 2.22. The second-order valence-corrected chi connectivity index (χ2v) is 3.95. The molecule has 1 aromatic heterocycles. The van der Waals surface area contributed by atoms with Crippen molar-refractivity contribution in [2.24, 2.45) is 5.73 Å². The van der Waals surface area contributed by atoms with Crippen LogP contribution >= 0.6 is 0 Å². The summed E-state index contributed by atoms with van der Waals surface area (Å²) < 4.78 is 10.2. The molecule has 0 saturated heterocycles. The van der Waals surface area contributed by atoms with Crippen molar-refractivity contribution in [1.29, 1.82) is 0 Å². The first kappa shape index (κ1) is 11.6. The average Bonchev–Trinajstić information content (AvgIpc) is 2.80. The van der Waals surface area contributed by atoms with Crippen LogP contribution in [0.5, 0.6) is 5.75 Å². The van der Waals surface area contributed by atoms with Gasteiger partial charge in [0, 0.05) is 6.04 Å². The van der Waals surface area contributed by atoms with Crippen molar-refractivity contribution in [3.63, 3.8) is 0 Å². The fourth-order valence-corrected chi connectivity index (χ4v) is 1.52. The number of aryl methyl sites for hydroxylation is 1. The third-order valence-electron chi connectivity index (χ3n) is 2.49. The van der Waals surface area contributed by atoms with Gasteiger partial charge in [-0.15, -0.1) is 0 Å². The zero-order valence-corrected chi connectivity index (χ0v) is 9.88. The standard InChI is InChI=1S/C12H15N3O2/c1-8-5-10(9(2)13)3-4-11(8)16-6-12-14-7-17-15-12/h3-5,7,9H,6,13H2,1-2H3. The highest BCUT2D eigenvalue weighted by molar-refractivity contribution is 5.37. The van der Waals surface area contributed by atoms with Crippen molar-refractivity contribution < 1.29 is 9.26 Å². The lowest BCUT2D eigenvalue weighted by molar-refractivity contribution is 0.284. The van der Waals surface area contributed by atoms with Crippen molar-refractivity contribution in [3.05, 3.63) is 41.5 Å². The molecule has 2 N–H and O–H groups in total. The lowest BCUT2D eigenvalue weighted by Crippen LogP contribution is -2.05. The molecular formula is C12H15N3O2. The van der Waals surface area contributed by atoms with Gasteiger partial charge in [0.15, 0.2) is 6.61 Å². The van der Waals surface area contributed by atoms with Gasteiger partial charge in [0.05, 0.1) is 0 Å². The van der Waals surface area contributed by atoms with Crippen molar-refractivity contribution in [2.75, 3.05) is 0 Å².